The van der Waals surface area contributed by atoms with Crippen LogP contribution in [0.15, 0.2) is 72.8 Å². The maximum absolute atomic E-state index is 14.9. The number of carbonyl (C=O) groups excluding carboxylic acids is 17. The van der Waals surface area contributed by atoms with Crippen molar-refractivity contribution < 1.29 is 132 Å². The molecule has 0 aliphatic heterocycles. The Bertz CT molecular complexity index is 4410. The number of aliphatic hydroxyl groups is 3. The van der Waals surface area contributed by atoms with Crippen molar-refractivity contribution in [2.24, 2.45) is 40.7 Å². The van der Waals surface area contributed by atoms with Gasteiger partial charge >= 0.3 is 11.9 Å². The van der Waals surface area contributed by atoms with Gasteiger partial charge in [-0.25, -0.2) is 0 Å². The number of amides is 17. The number of nitrogens with two attached hydrogens (primary N) is 4. The third-order valence-electron chi connectivity index (χ3n) is 20.3. The number of carboxylic acids is 2. The maximum atomic E-state index is 14.9. The highest BCUT2D eigenvalue weighted by Gasteiger charge is 2.40. The maximum Gasteiger partial charge on any atom is 0.322 e. The first-order valence-corrected chi connectivity index (χ1v) is 42.0. The Morgan fingerprint density at radius 2 is 0.702 bits per heavy atom. The number of hydrogen-bond acceptors (Lipinski definition) is 28. The first kappa shape index (κ1) is 111. The number of unbranched alkanes of at least 4 members (excludes halogenated alkanes) is 1. The van der Waals surface area contributed by atoms with Gasteiger partial charge in [0.1, 0.15) is 102 Å². The molecular formula is C82H124N22O27. The Hall–Kier alpha value is -13.9. The van der Waals surface area contributed by atoms with Crippen molar-refractivity contribution in [3.05, 3.63) is 89.5 Å². The normalized spacial score (nSPS) is 14.7. The van der Waals surface area contributed by atoms with E-state index in [9.17, 15) is 127 Å². The van der Waals surface area contributed by atoms with Crippen molar-refractivity contribution in [2.45, 2.75) is 210 Å². The summed E-state index contributed by atoms with van der Waals surface area (Å²) in [6, 6.07) is -6.95. The molecule has 0 saturated heterocycles. The first-order valence-electron chi connectivity index (χ1n) is 42.0. The average molecular weight is 1850 g/mol. The van der Waals surface area contributed by atoms with E-state index in [1.165, 1.54) is 81.4 Å². The van der Waals surface area contributed by atoms with Crippen molar-refractivity contribution >= 4 is 118 Å². The summed E-state index contributed by atoms with van der Waals surface area (Å²) in [6.45, 7) is 4.60. The van der Waals surface area contributed by atoms with Gasteiger partial charge in [0, 0.05) is 19.4 Å². The molecule has 49 heteroatoms. The minimum absolute atomic E-state index is 0.00330. The molecule has 0 spiro atoms. The summed E-state index contributed by atoms with van der Waals surface area (Å²) in [7, 11) is 0. The third-order valence-corrected chi connectivity index (χ3v) is 20.3. The van der Waals surface area contributed by atoms with E-state index in [-0.39, 0.29) is 73.6 Å². The predicted octanol–water partition coefficient (Wildman–Crippen LogP) is -9.62. The van der Waals surface area contributed by atoms with E-state index in [4.69, 9.17) is 33.5 Å². The van der Waals surface area contributed by atoms with Gasteiger partial charge in [-0.2, -0.15) is 0 Å². The fourth-order valence-electron chi connectivity index (χ4n) is 12.4. The van der Waals surface area contributed by atoms with E-state index < -0.39 is 286 Å². The lowest BCUT2D eigenvalue weighted by atomic mass is 9.96. The molecule has 0 aliphatic rings. The van der Waals surface area contributed by atoms with Crippen molar-refractivity contribution in [3.8, 4) is 17.2 Å². The number of benzene rings is 3. The van der Waals surface area contributed by atoms with Gasteiger partial charge < -0.3 is 154 Å². The topological polar surface area (TPSA) is 819 Å². The lowest BCUT2D eigenvalue weighted by molar-refractivity contribution is -0.142. The molecule has 0 heterocycles. The van der Waals surface area contributed by atoms with Gasteiger partial charge in [-0.3, -0.25) is 96.5 Å². The second-order valence-corrected chi connectivity index (χ2v) is 31.2. The highest BCUT2D eigenvalue weighted by molar-refractivity contribution is 6.02. The SMILES string of the molecule is CC[C@H](C)[C@H](NC(=O)[C@H](CO)NC(=O)[C@H](CCCNC(=N)N)NC(=O)CNC(=O)CNC(=O)[C@H](CC(N)=O)NC(=O)[C@H](CO)NC(=O)[C@@H](NC(=O)[C@@H](N)Cc1ccc(O)cc1)[C@@H](C)CC)C(=O)N[C@@H](Cc1ccc(O)cc1)C(=O)N[C@@H](Cc1ccc(O)cc1)C(=O)N[C@@H](C)C(=O)N[C@@H](CC(=O)O)C(=O)N[C@@H](CO)C(=O)N[C@H](C(=O)N[C@@H](CCCCN)C(=O)NCC(=O)O)C(C)C. The Kier molecular flexibility index (Phi) is 48.5. The van der Waals surface area contributed by atoms with Gasteiger partial charge in [-0.15, -0.1) is 0 Å². The molecule has 17 amide bonds. The van der Waals surface area contributed by atoms with E-state index in [2.05, 4.69) is 90.4 Å². The molecule has 3 rings (SSSR count). The summed E-state index contributed by atoms with van der Waals surface area (Å²) < 4.78 is 0. The number of nitrogens with one attached hydrogen (secondary N) is 18. The Morgan fingerprint density at radius 1 is 0.351 bits per heavy atom. The molecule has 3 aromatic carbocycles. The largest absolute Gasteiger partial charge is 0.508 e. The highest BCUT2D eigenvalue weighted by Crippen LogP contribution is 2.19. The number of phenols is 3. The molecule has 16 atom stereocenters. The van der Waals surface area contributed by atoms with Gasteiger partial charge in [0.15, 0.2) is 5.96 Å². The second kappa shape index (κ2) is 57.1. The van der Waals surface area contributed by atoms with E-state index in [0.717, 1.165) is 6.92 Å². The van der Waals surface area contributed by atoms with Crippen molar-refractivity contribution in [2.75, 3.05) is 52.5 Å². The first-order chi connectivity index (χ1) is 61.8. The Labute approximate surface area is 753 Å². The summed E-state index contributed by atoms with van der Waals surface area (Å²) in [4.78, 5) is 257. The zero-order chi connectivity index (χ0) is 98.5. The fraction of sp³-hybridized carbons (Fsp3) is 0.537. The molecule has 0 aliphatic carbocycles. The third kappa shape index (κ3) is 40.5. The van der Waals surface area contributed by atoms with Crippen LogP contribution in [0.4, 0.5) is 0 Å². The van der Waals surface area contributed by atoms with Crippen molar-refractivity contribution in [1.82, 2.24) is 90.4 Å². The molecule has 0 fully saturated rings. The van der Waals surface area contributed by atoms with Crippen LogP contribution in [0.5, 0.6) is 17.2 Å². The lowest BCUT2D eigenvalue weighted by Gasteiger charge is -2.29. The number of primary amides is 1. The molecule has 0 bridgehead atoms. The Balaban J connectivity index is 1.84. The van der Waals surface area contributed by atoms with Crippen LogP contribution in [0, 0.1) is 23.2 Å². The zero-order valence-electron chi connectivity index (χ0n) is 73.5. The summed E-state index contributed by atoms with van der Waals surface area (Å²) in [5.41, 5.74) is 23.7. The molecule has 49 nitrogen and oxygen atoms in total. The number of aliphatic hydroxyl groups excluding tert-OH is 3. The highest BCUT2D eigenvalue weighted by atomic mass is 16.4. The number of rotatable bonds is 59. The average Bonchev–Trinajstić information content (AvgIpc) is 0.831. The van der Waals surface area contributed by atoms with E-state index in [1.807, 2.05) is 0 Å². The minimum Gasteiger partial charge on any atom is -0.508 e. The van der Waals surface area contributed by atoms with Crippen LogP contribution in [-0.4, -0.2) is 296 Å². The van der Waals surface area contributed by atoms with Crippen LogP contribution in [-0.2, 0) is 110 Å². The molecule has 0 aromatic heterocycles. The number of carboxylic acid groups (broad SMARTS) is 2. The molecular weight excluding hydrogens is 1730 g/mol. The van der Waals surface area contributed by atoms with Gasteiger partial charge in [0.2, 0.25) is 100 Å². The zero-order valence-corrected chi connectivity index (χ0v) is 73.5. The number of phenolic OH excluding ortho intramolecular Hbond substituents is 3. The van der Waals surface area contributed by atoms with Gasteiger partial charge in [0.05, 0.1) is 51.8 Å². The van der Waals surface area contributed by atoms with Crippen molar-refractivity contribution in [3.63, 3.8) is 0 Å². The molecule has 131 heavy (non-hydrogen) atoms. The Morgan fingerprint density at radius 3 is 1.15 bits per heavy atom. The summed E-state index contributed by atoms with van der Waals surface area (Å²) in [5, 5.41) is 127. The van der Waals surface area contributed by atoms with Gasteiger partial charge in [-0.1, -0.05) is 90.8 Å². The van der Waals surface area contributed by atoms with Crippen LogP contribution in [0.1, 0.15) is 123 Å². The van der Waals surface area contributed by atoms with E-state index in [0.29, 0.717) is 24.8 Å². The molecule has 0 radical (unpaired) electrons. The summed E-state index contributed by atoms with van der Waals surface area (Å²) in [5.74, 6) is -24.9. The number of carbonyl (C=O) groups is 19. The van der Waals surface area contributed by atoms with E-state index in [1.54, 1.807) is 32.9 Å². The fourth-order valence-corrected chi connectivity index (χ4v) is 12.4. The van der Waals surface area contributed by atoms with Crippen LogP contribution in [0.25, 0.3) is 0 Å². The molecule has 724 valence electrons. The standard InChI is InChI=1S/C82H124N22O27/c1-8-41(5)66(103-69(119)50(84)29-44-15-21-47(108)22-16-44)81(131)101-57(37-105)76(126)97-55(32-60(85)111)71(121)90-34-61(112)89-35-62(113)93-52(14-12-28-88-82(86)87)72(122)99-59(39-107)78(128)104-67(42(6)9-2)80(130)98-54(31-46-19-25-49(110)26-20-46)74(124)96-53(30-45-17-23-48(109)24-18-45)73(123)92-43(7)68(118)95-56(33-63(114)115)75(125)100-58(38-106)77(127)102-65(40(3)4)79(129)94-51(13-10-11-27-83)70(120)91-36-64(116)117/h15-26,40-43,50-59,65-67,105-110H,8-14,27-39,83-84H2,1-7H3,(H2,85,111)(H,89,112)(H,90,121)(H,91,120)(H,92,123)(H,93,113)(H,94,129)(H,95,118)(H,96,124)(H,97,126)(H,98,130)(H,99,122)(H,100,125)(H,101,131)(H,102,127)(H,103,119)(H,104,128)(H,114,115)(H,116,117)(H4,86,87,88)/t41-,42-,43-,50-,51-,52-,53-,54-,55-,56-,57-,58-,59-,65-,66-,67-/m0/s1. The van der Waals surface area contributed by atoms with Crippen molar-refractivity contribution in [1.29, 1.82) is 5.41 Å². The van der Waals surface area contributed by atoms with Crippen LogP contribution < -0.4 is 113 Å². The summed E-state index contributed by atoms with van der Waals surface area (Å²) in [6.07, 6.45) is -2.04. The lowest BCUT2D eigenvalue weighted by Crippen LogP contribution is -2.62. The number of aliphatic carboxylic acids is 2. The van der Waals surface area contributed by atoms with Gasteiger partial charge in [-0.05, 0) is 123 Å². The van der Waals surface area contributed by atoms with Crippen LogP contribution in [0.3, 0.4) is 0 Å². The smallest absolute Gasteiger partial charge is 0.322 e. The second-order valence-electron chi connectivity index (χ2n) is 31.2. The number of aromatic hydroxyl groups is 3. The quantitative estimate of drug-likeness (QED) is 0.0142. The van der Waals surface area contributed by atoms with E-state index >= 15 is 0 Å². The summed E-state index contributed by atoms with van der Waals surface area (Å²) >= 11 is 0. The molecule has 34 N–H and O–H groups in total. The molecule has 0 unspecified atom stereocenters. The van der Waals surface area contributed by atoms with Crippen LogP contribution in [0.2, 0.25) is 0 Å². The number of hydrogen-bond donors (Lipinski definition) is 30. The predicted molar refractivity (Wildman–Crippen MR) is 464 cm³/mol. The monoisotopic (exact) mass is 1850 g/mol. The van der Waals surface area contributed by atoms with Gasteiger partial charge in [0.25, 0.3) is 0 Å². The number of guanidine groups is 1. The van der Waals surface area contributed by atoms with Crippen LogP contribution >= 0.6 is 0 Å². The molecule has 0 saturated carbocycles. The molecule has 3 aromatic rings. The minimum atomic E-state index is -2.06.